The van der Waals surface area contributed by atoms with Gasteiger partial charge in [0.1, 0.15) is 11.8 Å². The lowest BCUT2D eigenvalue weighted by atomic mass is 10.1. The summed E-state index contributed by atoms with van der Waals surface area (Å²) in [6.07, 6.45) is 0. The first-order chi connectivity index (χ1) is 11.0. The van der Waals surface area contributed by atoms with Crippen molar-refractivity contribution in [3.05, 3.63) is 41.6 Å². The highest BCUT2D eigenvalue weighted by molar-refractivity contribution is 5.77. The molecule has 23 heavy (non-hydrogen) atoms. The summed E-state index contributed by atoms with van der Waals surface area (Å²) in [6.45, 7) is 6.15. The van der Waals surface area contributed by atoms with E-state index in [1.54, 1.807) is 25.1 Å². The van der Waals surface area contributed by atoms with Gasteiger partial charge in [-0.3, -0.25) is 5.32 Å². The van der Waals surface area contributed by atoms with Gasteiger partial charge in [-0.25, -0.2) is 4.79 Å². The van der Waals surface area contributed by atoms with Crippen LogP contribution in [0.1, 0.15) is 50.1 Å². The maximum atomic E-state index is 12.2. The Morgan fingerprint density at radius 3 is 2.78 bits per heavy atom. The van der Waals surface area contributed by atoms with Crippen LogP contribution in [0.3, 0.4) is 0 Å². The number of carbonyl (C=O) groups is 1. The first-order valence-corrected chi connectivity index (χ1v) is 7.52. The van der Waals surface area contributed by atoms with Crippen molar-refractivity contribution in [3.63, 3.8) is 0 Å². The first kappa shape index (κ1) is 17.0. The summed E-state index contributed by atoms with van der Waals surface area (Å²) in [5, 5.41) is 20.5. The average molecular weight is 319 g/mol. The normalized spacial score (nSPS) is 12.3. The highest BCUT2D eigenvalue weighted by atomic mass is 16.5. The molecule has 2 N–H and O–H groups in total. The third kappa shape index (κ3) is 4.53. The molecule has 2 rings (SSSR count). The lowest BCUT2D eigenvalue weighted by Gasteiger charge is -2.16. The zero-order valence-corrected chi connectivity index (χ0v) is 13.4. The molecular weight excluding hydrogens is 298 g/mol. The van der Waals surface area contributed by atoms with Gasteiger partial charge in [-0.15, -0.1) is 10.2 Å². The van der Waals surface area contributed by atoms with E-state index in [2.05, 4.69) is 15.5 Å². The molecule has 0 fully saturated rings. The van der Waals surface area contributed by atoms with E-state index in [0.717, 1.165) is 0 Å². The van der Waals surface area contributed by atoms with Crippen molar-refractivity contribution in [2.75, 3.05) is 6.61 Å². The van der Waals surface area contributed by atoms with Gasteiger partial charge in [0.2, 0.25) is 11.8 Å². The van der Waals surface area contributed by atoms with Crippen LogP contribution < -0.4 is 5.32 Å². The molecule has 124 valence electrons. The Hall–Kier alpha value is -2.41. The first-order valence-electron chi connectivity index (χ1n) is 7.52. The number of nitrogens with zero attached hydrogens (tertiary/aromatic N) is 2. The van der Waals surface area contributed by atoms with Gasteiger partial charge in [0.05, 0.1) is 13.2 Å². The van der Waals surface area contributed by atoms with E-state index in [4.69, 9.17) is 9.15 Å². The molecule has 0 unspecified atom stereocenters. The Morgan fingerprint density at radius 2 is 2.17 bits per heavy atom. The topological polar surface area (TPSA) is 97.5 Å². The predicted octanol–water partition coefficient (Wildman–Crippen LogP) is 2.29. The van der Waals surface area contributed by atoms with Crippen molar-refractivity contribution in [2.45, 2.75) is 39.3 Å². The molecule has 0 spiro atoms. The van der Waals surface area contributed by atoms with Gasteiger partial charge in [-0.1, -0.05) is 26.0 Å². The van der Waals surface area contributed by atoms with Crippen molar-refractivity contribution >= 4 is 5.97 Å². The molecule has 0 bridgehead atoms. The number of aromatic nitrogens is 2. The number of nitrogens with one attached hydrogen (secondary N) is 1. The highest BCUT2D eigenvalue weighted by Gasteiger charge is 2.23. The summed E-state index contributed by atoms with van der Waals surface area (Å²) in [5.41, 5.74) is 0.604. The van der Waals surface area contributed by atoms with E-state index in [-0.39, 0.29) is 24.8 Å². The van der Waals surface area contributed by atoms with E-state index in [0.29, 0.717) is 17.3 Å². The standard InChI is InChI=1S/C16H21N3O4/c1-4-22-16(21)14(11-6-5-7-12(20)8-11)17-9-13-18-19-15(23-13)10(2)3/h5-8,10,14,17,20H,4,9H2,1-3H3/t14-/m0/s1. The number of hydrogen-bond acceptors (Lipinski definition) is 7. The van der Waals surface area contributed by atoms with Crippen LogP contribution in [-0.4, -0.2) is 27.9 Å². The Balaban J connectivity index is 2.12. The maximum absolute atomic E-state index is 12.2. The van der Waals surface area contributed by atoms with Crippen LogP contribution >= 0.6 is 0 Å². The zero-order valence-electron chi connectivity index (χ0n) is 13.4. The van der Waals surface area contributed by atoms with E-state index in [1.165, 1.54) is 6.07 Å². The fourth-order valence-corrected chi connectivity index (χ4v) is 2.03. The molecule has 1 aromatic heterocycles. The summed E-state index contributed by atoms with van der Waals surface area (Å²) in [7, 11) is 0. The SMILES string of the molecule is CCOC(=O)[C@@H](NCc1nnc(C(C)C)o1)c1cccc(O)c1. The number of phenols is 1. The molecule has 1 aromatic carbocycles. The van der Waals surface area contributed by atoms with Gasteiger partial charge in [0.15, 0.2) is 0 Å². The third-order valence-electron chi connectivity index (χ3n) is 3.16. The lowest BCUT2D eigenvalue weighted by Crippen LogP contribution is -2.30. The molecule has 7 nitrogen and oxygen atoms in total. The van der Waals surface area contributed by atoms with Crippen LogP contribution in [0.15, 0.2) is 28.7 Å². The van der Waals surface area contributed by atoms with Crippen LogP contribution in [-0.2, 0) is 16.1 Å². The molecule has 2 aromatic rings. The third-order valence-corrected chi connectivity index (χ3v) is 3.16. The summed E-state index contributed by atoms with van der Waals surface area (Å²) < 4.78 is 10.6. The molecule has 1 heterocycles. The summed E-state index contributed by atoms with van der Waals surface area (Å²) in [4.78, 5) is 12.2. The number of esters is 1. The second-order valence-electron chi connectivity index (χ2n) is 5.35. The molecule has 0 saturated heterocycles. The number of benzene rings is 1. The second-order valence-corrected chi connectivity index (χ2v) is 5.35. The minimum absolute atomic E-state index is 0.0819. The number of rotatable bonds is 7. The number of hydrogen-bond donors (Lipinski definition) is 2. The molecule has 0 amide bonds. The molecular formula is C16H21N3O4. The second kappa shape index (κ2) is 7.73. The van der Waals surface area contributed by atoms with E-state index < -0.39 is 12.0 Å². The number of aromatic hydroxyl groups is 1. The van der Waals surface area contributed by atoms with Crippen molar-refractivity contribution < 1.29 is 19.1 Å². The largest absolute Gasteiger partial charge is 0.508 e. The minimum atomic E-state index is -0.726. The Kier molecular flexibility index (Phi) is 5.70. The van der Waals surface area contributed by atoms with Crippen molar-refractivity contribution in [3.8, 4) is 5.75 Å². The molecule has 7 heteroatoms. The Labute approximate surface area is 134 Å². The smallest absolute Gasteiger partial charge is 0.327 e. The number of ether oxygens (including phenoxy) is 1. The molecule has 0 aliphatic carbocycles. The quantitative estimate of drug-likeness (QED) is 0.756. The zero-order chi connectivity index (χ0) is 16.8. The predicted molar refractivity (Wildman–Crippen MR) is 82.7 cm³/mol. The van der Waals surface area contributed by atoms with Crippen molar-refractivity contribution in [2.24, 2.45) is 0 Å². The Bertz CT molecular complexity index is 654. The van der Waals surface area contributed by atoms with Crippen LogP contribution in [0.4, 0.5) is 0 Å². The molecule has 1 atom stereocenters. The summed E-state index contributed by atoms with van der Waals surface area (Å²) in [6, 6.07) is 5.74. The van der Waals surface area contributed by atoms with Crippen molar-refractivity contribution in [1.82, 2.24) is 15.5 Å². The van der Waals surface area contributed by atoms with Crippen LogP contribution in [0.2, 0.25) is 0 Å². The van der Waals surface area contributed by atoms with Crippen LogP contribution in [0, 0.1) is 0 Å². The average Bonchev–Trinajstić information content (AvgIpc) is 2.97. The summed E-state index contributed by atoms with van der Waals surface area (Å²) >= 11 is 0. The van der Waals surface area contributed by atoms with E-state index >= 15 is 0 Å². The van der Waals surface area contributed by atoms with Gasteiger partial charge in [0, 0.05) is 5.92 Å². The van der Waals surface area contributed by atoms with Crippen molar-refractivity contribution in [1.29, 1.82) is 0 Å². The van der Waals surface area contributed by atoms with Crippen LogP contribution in [0.25, 0.3) is 0 Å². The van der Waals surface area contributed by atoms with Gasteiger partial charge < -0.3 is 14.3 Å². The molecule has 0 saturated carbocycles. The fraction of sp³-hybridized carbons (Fsp3) is 0.438. The number of phenolic OH excluding ortho intramolecular Hbond substituents is 1. The van der Waals surface area contributed by atoms with Gasteiger partial charge >= 0.3 is 5.97 Å². The van der Waals surface area contributed by atoms with Gasteiger partial charge in [0.25, 0.3) is 0 Å². The lowest BCUT2D eigenvalue weighted by molar-refractivity contribution is -0.145. The Morgan fingerprint density at radius 1 is 1.39 bits per heavy atom. The maximum Gasteiger partial charge on any atom is 0.327 e. The van der Waals surface area contributed by atoms with Gasteiger partial charge in [-0.2, -0.15) is 0 Å². The monoisotopic (exact) mass is 319 g/mol. The highest BCUT2D eigenvalue weighted by Crippen LogP contribution is 2.20. The fourth-order valence-electron chi connectivity index (χ4n) is 2.03. The number of carbonyl (C=O) groups excluding carboxylic acids is 1. The van der Waals surface area contributed by atoms with Crippen LogP contribution in [0.5, 0.6) is 5.75 Å². The molecule has 0 aliphatic rings. The molecule has 0 radical (unpaired) electrons. The minimum Gasteiger partial charge on any atom is -0.508 e. The van der Waals surface area contributed by atoms with E-state index in [9.17, 15) is 9.90 Å². The summed E-state index contributed by atoms with van der Waals surface area (Å²) in [5.74, 6) is 0.735. The molecule has 0 aliphatic heterocycles. The van der Waals surface area contributed by atoms with E-state index in [1.807, 2.05) is 13.8 Å². The van der Waals surface area contributed by atoms with Gasteiger partial charge in [-0.05, 0) is 24.6 Å².